The Hall–Kier alpha value is -1.15. The number of rotatable bonds is 2. The molecule has 1 aromatic heterocycles. The van der Waals surface area contributed by atoms with Crippen molar-refractivity contribution in [3.63, 3.8) is 0 Å². The van der Waals surface area contributed by atoms with Crippen molar-refractivity contribution >= 4 is 51.6 Å². The molecule has 2 aromatic rings. The van der Waals surface area contributed by atoms with Gasteiger partial charge in [-0.05, 0) is 50.7 Å². The van der Waals surface area contributed by atoms with Gasteiger partial charge in [-0.15, -0.1) is 0 Å². The lowest BCUT2D eigenvalue weighted by molar-refractivity contribution is 0.275. The van der Waals surface area contributed by atoms with Crippen molar-refractivity contribution in [1.29, 1.82) is 0 Å². The van der Waals surface area contributed by atoms with E-state index in [2.05, 4.69) is 31.2 Å². The fraction of sp³-hybridized carbons (Fsp3) is 0.0909. The minimum atomic E-state index is -0.867. The fourth-order valence-electron chi connectivity index (χ4n) is 1.86. The summed E-state index contributed by atoms with van der Waals surface area (Å²) in [6, 6.07) is 5.63. The summed E-state index contributed by atoms with van der Waals surface area (Å²) in [5.74, 6) is 0.563. The molecule has 3 rings (SSSR count). The minimum Gasteiger partial charge on any atom is -0.423 e. The zero-order valence-corrected chi connectivity index (χ0v) is 11.9. The number of nitrogens with one attached hydrogen (secondary N) is 1. The van der Waals surface area contributed by atoms with Crippen LogP contribution in [0.5, 0.6) is 0 Å². The second-order valence-corrected chi connectivity index (χ2v) is 5.23. The van der Waals surface area contributed by atoms with E-state index in [1.54, 1.807) is 6.20 Å². The van der Waals surface area contributed by atoms with Gasteiger partial charge >= 0.3 is 7.12 Å². The molecular formula is C11H8BBrClN3O2. The average molecular weight is 340 g/mol. The van der Waals surface area contributed by atoms with Crippen LogP contribution in [-0.4, -0.2) is 22.1 Å². The Morgan fingerprint density at radius 1 is 1.47 bits per heavy atom. The van der Waals surface area contributed by atoms with Gasteiger partial charge < -0.3 is 15.0 Å². The van der Waals surface area contributed by atoms with E-state index in [4.69, 9.17) is 16.3 Å². The van der Waals surface area contributed by atoms with E-state index in [1.807, 2.05) is 18.2 Å². The molecule has 0 unspecified atom stereocenters. The summed E-state index contributed by atoms with van der Waals surface area (Å²) < 4.78 is 5.85. The van der Waals surface area contributed by atoms with E-state index in [0.717, 1.165) is 16.7 Å². The van der Waals surface area contributed by atoms with Crippen molar-refractivity contribution < 1.29 is 9.68 Å². The third-order valence-electron chi connectivity index (χ3n) is 2.79. The van der Waals surface area contributed by atoms with Crippen LogP contribution in [0.25, 0.3) is 0 Å². The van der Waals surface area contributed by atoms with E-state index < -0.39 is 7.12 Å². The highest BCUT2D eigenvalue weighted by Crippen LogP contribution is 2.24. The number of nitrogens with zero attached hydrogens (tertiary/aromatic N) is 2. The van der Waals surface area contributed by atoms with Gasteiger partial charge in [-0.25, -0.2) is 4.98 Å². The summed E-state index contributed by atoms with van der Waals surface area (Å²) in [6.07, 6.45) is 1.57. The number of halogens is 2. The molecule has 5 nitrogen and oxygen atoms in total. The van der Waals surface area contributed by atoms with Crippen LogP contribution in [0, 0.1) is 0 Å². The molecule has 1 aliphatic rings. The number of benzene rings is 1. The number of fused-ring (bicyclic) bond motifs is 1. The van der Waals surface area contributed by atoms with Crippen LogP contribution in [-0.2, 0) is 11.3 Å². The van der Waals surface area contributed by atoms with Crippen molar-refractivity contribution in [3.8, 4) is 0 Å². The smallest absolute Gasteiger partial charge is 0.423 e. The van der Waals surface area contributed by atoms with Crippen LogP contribution in [0.1, 0.15) is 5.56 Å². The van der Waals surface area contributed by atoms with Gasteiger partial charge in [-0.2, -0.15) is 4.98 Å². The summed E-state index contributed by atoms with van der Waals surface area (Å²) in [7, 11) is -0.867. The molecule has 19 heavy (non-hydrogen) atoms. The highest BCUT2D eigenvalue weighted by Gasteiger charge is 2.27. The maximum atomic E-state index is 9.66. The second kappa shape index (κ2) is 5.09. The van der Waals surface area contributed by atoms with Crippen LogP contribution in [0.4, 0.5) is 11.5 Å². The van der Waals surface area contributed by atoms with E-state index in [9.17, 15) is 5.02 Å². The number of aromatic nitrogens is 2. The molecule has 0 amide bonds. The van der Waals surface area contributed by atoms with E-state index in [1.165, 1.54) is 0 Å². The van der Waals surface area contributed by atoms with Crippen molar-refractivity contribution in [2.75, 3.05) is 5.32 Å². The van der Waals surface area contributed by atoms with Crippen LogP contribution < -0.4 is 10.8 Å². The first kappa shape index (κ1) is 12.9. The average Bonchev–Trinajstić information content (AvgIpc) is 2.76. The molecule has 1 aliphatic heterocycles. The number of hydrogen-bond acceptors (Lipinski definition) is 5. The standard InChI is InChI=1S/C11H8BBrClN3O2/c13-9-4-15-11(14)17-10(9)16-7-2-1-6-5-19-12(18)8(6)3-7/h1-4,18H,5H2,(H,15,16,17). The summed E-state index contributed by atoms with van der Waals surface area (Å²) in [4.78, 5) is 7.94. The van der Waals surface area contributed by atoms with Gasteiger partial charge in [0, 0.05) is 11.9 Å². The molecule has 0 saturated heterocycles. The lowest BCUT2D eigenvalue weighted by Crippen LogP contribution is -2.28. The molecule has 0 spiro atoms. The molecule has 0 fully saturated rings. The zero-order valence-electron chi connectivity index (χ0n) is 9.60. The zero-order chi connectivity index (χ0) is 13.4. The van der Waals surface area contributed by atoms with E-state index in [-0.39, 0.29) is 5.28 Å². The third kappa shape index (κ3) is 2.60. The van der Waals surface area contributed by atoms with Gasteiger partial charge in [-0.1, -0.05) is 6.07 Å². The first-order valence-corrected chi connectivity index (χ1v) is 6.68. The Balaban J connectivity index is 1.92. The maximum Gasteiger partial charge on any atom is 0.491 e. The topological polar surface area (TPSA) is 67.3 Å². The molecule has 0 bridgehead atoms. The number of anilines is 2. The van der Waals surface area contributed by atoms with E-state index in [0.29, 0.717) is 16.9 Å². The fourth-order valence-corrected chi connectivity index (χ4v) is 2.29. The summed E-state index contributed by atoms with van der Waals surface area (Å²) in [5, 5.41) is 12.9. The molecule has 0 radical (unpaired) electrons. The van der Waals surface area contributed by atoms with Gasteiger partial charge in [0.05, 0.1) is 11.1 Å². The number of hydrogen-bond donors (Lipinski definition) is 2. The third-order valence-corrected chi connectivity index (χ3v) is 3.55. The lowest BCUT2D eigenvalue weighted by atomic mass is 9.79. The maximum absolute atomic E-state index is 9.66. The minimum absolute atomic E-state index is 0.162. The Labute approximate surface area is 123 Å². The highest BCUT2D eigenvalue weighted by atomic mass is 79.9. The van der Waals surface area contributed by atoms with Crippen molar-refractivity contribution in [3.05, 3.63) is 39.7 Å². The van der Waals surface area contributed by atoms with Crippen molar-refractivity contribution in [1.82, 2.24) is 9.97 Å². The lowest BCUT2D eigenvalue weighted by Gasteiger charge is -2.09. The molecule has 1 aromatic carbocycles. The molecule has 0 aliphatic carbocycles. The molecule has 0 atom stereocenters. The molecule has 96 valence electrons. The SMILES string of the molecule is OB1OCc2ccc(Nc3nc(Cl)ncc3Br)cc21. The Morgan fingerprint density at radius 3 is 3.16 bits per heavy atom. The summed E-state index contributed by atoms with van der Waals surface area (Å²) in [6.45, 7) is 0.430. The molecule has 2 N–H and O–H groups in total. The second-order valence-electron chi connectivity index (χ2n) is 4.04. The van der Waals surface area contributed by atoms with Gasteiger partial charge in [-0.3, -0.25) is 0 Å². The highest BCUT2D eigenvalue weighted by molar-refractivity contribution is 9.10. The molecule has 8 heteroatoms. The first-order chi connectivity index (χ1) is 9.13. The van der Waals surface area contributed by atoms with Crippen LogP contribution in [0.2, 0.25) is 5.28 Å². The normalized spacial score (nSPS) is 13.5. The summed E-state index contributed by atoms with van der Waals surface area (Å²) in [5.41, 5.74) is 2.54. The first-order valence-electron chi connectivity index (χ1n) is 5.51. The van der Waals surface area contributed by atoms with E-state index >= 15 is 0 Å². The molecule has 0 saturated carbocycles. The summed E-state index contributed by atoms with van der Waals surface area (Å²) >= 11 is 9.10. The predicted octanol–water partition coefficient (Wildman–Crippen LogP) is 1.85. The predicted molar refractivity (Wildman–Crippen MR) is 76.9 cm³/mol. The Kier molecular flexibility index (Phi) is 3.45. The molecular weight excluding hydrogens is 332 g/mol. The Bertz CT molecular complexity index is 643. The van der Waals surface area contributed by atoms with Crippen molar-refractivity contribution in [2.24, 2.45) is 0 Å². The van der Waals surface area contributed by atoms with Gasteiger partial charge in [0.2, 0.25) is 5.28 Å². The van der Waals surface area contributed by atoms with Crippen LogP contribution in [0.3, 0.4) is 0 Å². The van der Waals surface area contributed by atoms with Gasteiger partial charge in [0.25, 0.3) is 0 Å². The van der Waals surface area contributed by atoms with Crippen molar-refractivity contribution in [2.45, 2.75) is 6.61 Å². The molecule has 2 heterocycles. The van der Waals surface area contributed by atoms with Gasteiger partial charge in [0.1, 0.15) is 5.82 Å². The van der Waals surface area contributed by atoms with Crippen LogP contribution in [0.15, 0.2) is 28.9 Å². The quantitative estimate of drug-likeness (QED) is 0.645. The Morgan fingerprint density at radius 2 is 2.32 bits per heavy atom. The van der Waals surface area contributed by atoms with Crippen LogP contribution >= 0.6 is 27.5 Å². The largest absolute Gasteiger partial charge is 0.491 e. The van der Waals surface area contributed by atoms with Gasteiger partial charge in [0.15, 0.2) is 0 Å². The monoisotopic (exact) mass is 339 g/mol.